The molecule has 1 aliphatic heterocycles. The van der Waals surface area contributed by atoms with Gasteiger partial charge in [0.2, 0.25) is 10.0 Å². The number of hydrogen-bond acceptors (Lipinski definition) is 5. The summed E-state index contributed by atoms with van der Waals surface area (Å²) in [5.74, 6) is 0. The molecule has 2 heterocycles. The molecule has 1 aromatic heterocycles. The van der Waals surface area contributed by atoms with Crippen LogP contribution in [-0.2, 0) is 14.8 Å². The van der Waals surface area contributed by atoms with Gasteiger partial charge in [-0.15, -0.1) is 0 Å². The van der Waals surface area contributed by atoms with Gasteiger partial charge in [-0.25, -0.2) is 8.42 Å². The Balaban J connectivity index is 2.32. The summed E-state index contributed by atoms with van der Waals surface area (Å²) in [7, 11) is -3.55. The monoisotopic (exact) mass is 243 g/mol. The number of nitrogens with zero attached hydrogens (tertiary/aromatic N) is 2. The lowest BCUT2D eigenvalue weighted by Gasteiger charge is -2.31. The summed E-state index contributed by atoms with van der Waals surface area (Å²) < 4.78 is 30.6. The van der Waals surface area contributed by atoms with E-state index in [2.05, 4.69) is 4.98 Å². The standard InChI is InChI=1S/C9H13N3O3S/c10-9-7-15-5-4-12(9)16(13,14)8-2-1-3-11-6-8/h1-3,6,9H,4-5,7,10H2. The Morgan fingerprint density at radius 3 is 3.00 bits per heavy atom. The first kappa shape index (κ1) is 11.5. The van der Waals surface area contributed by atoms with Crippen molar-refractivity contribution in [2.75, 3.05) is 19.8 Å². The maximum Gasteiger partial charge on any atom is 0.246 e. The fraction of sp³-hybridized carbons (Fsp3) is 0.444. The lowest BCUT2D eigenvalue weighted by Crippen LogP contribution is -2.53. The van der Waals surface area contributed by atoms with Gasteiger partial charge >= 0.3 is 0 Å². The highest BCUT2D eigenvalue weighted by atomic mass is 32.2. The molecule has 0 radical (unpaired) electrons. The quantitative estimate of drug-likeness (QED) is 0.748. The molecule has 0 bridgehead atoms. The smallest absolute Gasteiger partial charge is 0.246 e. The number of morpholine rings is 1. The first-order chi connectivity index (χ1) is 7.62. The van der Waals surface area contributed by atoms with Crippen molar-refractivity contribution < 1.29 is 13.2 Å². The van der Waals surface area contributed by atoms with E-state index >= 15 is 0 Å². The molecule has 1 atom stereocenters. The Kier molecular flexibility index (Phi) is 3.20. The molecule has 2 rings (SSSR count). The molecule has 7 heteroatoms. The summed E-state index contributed by atoms with van der Waals surface area (Å²) in [5, 5.41) is 0. The summed E-state index contributed by atoms with van der Waals surface area (Å²) in [6, 6.07) is 3.09. The zero-order chi connectivity index (χ0) is 11.6. The Morgan fingerprint density at radius 1 is 1.56 bits per heavy atom. The summed E-state index contributed by atoms with van der Waals surface area (Å²) in [6.45, 7) is 0.866. The SMILES string of the molecule is NC1COCCN1S(=O)(=O)c1cccnc1. The Labute approximate surface area is 94.1 Å². The number of sulfonamides is 1. The number of nitrogens with two attached hydrogens (primary N) is 1. The van der Waals surface area contributed by atoms with Crippen LogP contribution >= 0.6 is 0 Å². The largest absolute Gasteiger partial charge is 0.377 e. The minimum Gasteiger partial charge on any atom is -0.377 e. The molecule has 0 aliphatic carbocycles. The normalized spacial score (nSPS) is 23.2. The number of aromatic nitrogens is 1. The van der Waals surface area contributed by atoms with E-state index in [0.717, 1.165) is 0 Å². The summed E-state index contributed by atoms with van der Waals surface area (Å²) >= 11 is 0. The highest BCUT2D eigenvalue weighted by molar-refractivity contribution is 7.89. The van der Waals surface area contributed by atoms with Crippen molar-refractivity contribution in [2.24, 2.45) is 5.73 Å². The highest BCUT2D eigenvalue weighted by Gasteiger charge is 2.31. The van der Waals surface area contributed by atoms with E-state index in [1.807, 2.05) is 0 Å². The molecule has 0 spiro atoms. The van der Waals surface area contributed by atoms with Gasteiger partial charge < -0.3 is 10.5 Å². The van der Waals surface area contributed by atoms with E-state index in [4.69, 9.17) is 10.5 Å². The van der Waals surface area contributed by atoms with Crippen molar-refractivity contribution in [1.82, 2.24) is 9.29 Å². The molecule has 0 aromatic carbocycles. The first-order valence-corrected chi connectivity index (χ1v) is 6.31. The van der Waals surface area contributed by atoms with Gasteiger partial charge in [0, 0.05) is 18.9 Å². The third kappa shape index (κ3) is 2.07. The van der Waals surface area contributed by atoms with E-state index in [9.17, 15) is 8.42 Å². The second-order valence-corrected chi connectivity index (χ2v) is 5.34. The molecular weight excluding hydrogens is 230 g/mol. The molecule has 1 unspecified atom stereocenters. The van der Waals surface area contributed by atoms with Crippen molar-refractivity contribution in [3.05, 3.63) is 24.5 Å². The second-order valence-electron chi connectivity index (χ2n) is 3.45. The molecule has 88 valence electrons. The zero-order valence-corrected chi connectivity index (χ0v) is 9.43. The maximum atomic E-state index is 12.1. The van der Waals surface area contributed by atoms with Crippen LogP contribution in [0.25, 0.3) is 0 Å². The number of pyridine rings is 1. The molecule has 1 aromatic rings. The maximum absolute atomic E-state index is 12.1. The predicted octanol–water partition coefficient (Wildman–Crippen LogP) is -0.613. The average Bonchev–Trinajstić information content (AvgIpc) is 2.30. The van der Waals surface area contributed by atoms with E-state index in [1.165, 1.54) is 22.8 Å². The molecule has 1 fully saturated rings. The third-order valence-corrected chi connectivity index (χ3v) is 4.26. The van der Waals surface area contributed by atoms with Gasteiger partial charge in [-0.05, 0) is 12.1 Å². The van der Waals surface area contributed by atoms with Gasteiger partial charge in [0.1, 0.15) is 4.90 Å². The van der Waals surface area contributed by atoms with E-state index in [-0.39, 0.29) is 18.0 Å². The molecule has 6 nitrogen and oxygen atoms in total. The number of rotatable bonds is 2. The second kappa shape index (κ2) is 4.46. The molecule has 0 saturated carbocycles. The van der Waals surface area contributed by atoms with Gasteiger partial charge in [0.25, 0.3) is 0 Å². The van der Waals surface area contributed by atoms with Gasteiger partial charge in [-0.2, -0.15) is 4.31 Å². The van der Waals surface area contributed by atoms with Gasteiger partial charge in [0.05, 0.1) is 19.4 Å². The molecule has 1 saturated heterocycles. The molecule has 0 amide bonds. The summed E-state index contributed by atoms with van der Waals surface area (Å²) in [6.07, 6.45) is 2.22. The van der Waals surface area contributed by atoms with Crippen molar-refractivity contribution in [2.45, 2.75) is 11.1 Å². The van der Waals surface area contributed by atoms with Crippen LogP contribution in [0.5, 0.6) is 0 Å². The van der Waals surface area contributed by atoms with Crippen molar-refractivity contribution >= 4 is 10.0 Å². The minimum absolute atomic E-state index is 0.160. The van der Waals surface area contributed by atoms with Crippen LogP contribution in [0.4, 0.5) is 0 Å². The van der Waals surface area contributed by atoms with Gasteiger partial charge in [-0.1, -0.05) is 0 Å². The lowest BCUT2D eigenvalue weighted by atomic mass is 10.4. The first-order valence-electron chi connectivity index (χ1n) is 4.87. The average molecular weight is 243 g/mol. The highest BCUT2D eigenvalue weighted by Crippen LogP contribution is 2.17. The van der Waals surface area contributed by atoms with Crippen LogP contribution < -0.4 is 5.73 Å². The Morgan fingerprint density at radius 2 is 2.38 bits per heavy atom. The number of ether oxygens (including phenoxy) is 1. The third-order valence-electron chi connectivity index (χ3n) is 2.36. The molecule has 2 N–H and O–H groups in total. The molecular formula is C9H13N3O3S. The summed E-state index contributed by atoms with van der Waals surface area (Å²) in [5.41, 5.74) is 5.70. The van der Waals surface area contributed by atoms with E-state index in [0.29, 0.717) is 6.61 Å². The predicted molar refractivity (Wildman–Crippen MR) is 56.9 cm³/mol. The van der Waals surface area contributed by atoms with Crippen molar-refractivity contribution in [1.29, 1.82) is 0 Å². The Bertz CT molecular complexity index is 448. The van der Waals surface area contributed by atoms with Gasteiger partial charge in [-0.3, -0.25) is 4.98 Å². The number of hydrogen-bond donors (Lipinski definition) is 1. The van der Waals surface area contributed by atoms with Crippen molar-refractivity contribution in [3.63, 3.8) is 0 Å². The van der Waals surface area contributed by atoms with E-state index in [1.54, 1.807) is 6.07 Å². The van der Waals surface area contributed by atoms with Crippen LogP contribution in [0.15, 0.2) is 29.4 Å². The van der Waals surface area contributed by atoms with Crippen LogP contribution in [0.2, 0.25) is 0 Å². The van der Waals surface area contributed by atoms with Crippen molar-refractivity contribution in [3.8, 4) is 0 Å². The minimum atomic E-state index is -3.55. The van der Waals surface area contributed by atoms with Crippen LogP contribution in [0.3, 0.4) is 0 Å². The van der Waals surface area contributed by atoms with Crippen LogP contribution in [-0.4, -0.2) is 43.6 Å². The Hall–Kier alpha value is -1.02. The zero-order valence-electron chi connectivity index (χ0n) is 8.61. The van der Waals surface area contributed by atoms with Gasteiger partial charge in [0.15, 0.2) is 0 Å². The molecule has 1 aliphatic rings. The topological polar surface area (TPSA) is 85.5 Å². The van der Waals surface area contributed by atoms with Crippen LogP contribution in [0.1, 0.15) is 0 Å². The lowest BCUT2D eigenvalue weighted by molar-refractivity contribution is 0.0350. The summed E-state index contributed by atoms with van der Waals surface area (Å²) in [4.78, 5) is 3.95. The van der Waals surface area contributed by atoms with Crippen LogP contribution in [0, 0.1) is 0 Å². The van der Waals surface area contributed by atoms with E-state index < -0.39 is 16.2 Å². The fourth-order valence-electron chi connectivity index (χ4n) is 1.54. The fourth-order valence-corrected chi connectivity index (χ4v) is 2.99. The molecule has 16 heavy (non-hydrogen) atoms.